The Morgan fingerprint density at radius 1 is 1.33 bits per heavy atom. The van der Waals surface area contributed by atoms with Crippen molar-refractivity contribution in [3.63, 3.8) is 0 Å². The largest absolute Gasteiger partial charge is 0.309 e. The molecule has 0 aromatic carbocycles. The molecule has 2 unspecified atom stereocenters. The highest BCUT2D eigenvalue weighted by molar-refractivity contribution is 7.91. The summed E-state index contributed by atoms with van der Waals surface area (Å²) in [6.45, 7) is 10.7. The quantitative estimate of drug-likeness (QED) is 0.812. The van der Waals surface area contributed by atoms with Crippen LogP contribution in [0, 0.1) is 5.92 Å². The van der Waals surface area contributed by atoms with Crippen LogP contribution in [0.3, 0.4) is 0 Å². The third-order valence-corrected chi connectivity index (χ3v) is 5.99. The van der Waals surface area contributed by atoms with Gasteiger partial charge in [0.05, 0.1) is 11.5 Å². The second-order valence-corrected chi connectivity index (χ2v) is 9.03. The highest BCUT2D eigenvalue weighted by Gasteiger charge is 2.41. The average Bonchev–Trinajstić information content (AvgIpc) is 2.57. The van der Waals surface area contributed by atoms with Gasteiger partial charge in [0.2, 0.25) is 0 Å². The van der Waals surface area contributed by atoms with E-state index >= 15 is 0 Å². The first-order chi connectivity index (χ1) is 8.20. The molecule has 0 spiro atoms. The van der Waals surface area contributed by atoms with E-state index in [0.29, 0.717) is 23.5 Å². The van der Waals surface area contributed by atoms with E-state index in [1.807, 2.05) is 0 Å². The molecule has 0 aromatic rings. The summed E-state index contributed by atoms with van der Waals surface area (Å²) in [5.41, 5.74) is 0.0811. The van der Waals surface area contributed by atoms with Gasteiger partial charge in [0.15, 0.2) is 9.84 Å². The van der Waals surface area contributed by atoms with Crippen molar-refractivity contribution in [2.24, 2.45) is 5.92 Å². The zero-order valence-corrected chi connectivity index (χ0v) is 12.8. The average molecular weight is 274 g/mol. The van der Waals surface area contributed by atoms with Crippen LogP contribution in [0.25, 0.3) is 0 Å². The summed E-state index contributed by atoms with van der Waals surface area (Å²) < 4.78 is 23.4. The van der Waals surface area contributed by atoms with E-state index < -0.39 is 9.84 Å². The SMILES string of the molecule is CC(C)C1CNC(C)(C)CN1C1CCS(=O)(=O)C1. The predicted molar refractivity (Wildman–Crippen MR) is 74.5 cm³/mol. The van der Waals surface area contributed by atoms with Crippen LogP contribution in [0.2, 0.25) is 0 Å². The molecule has 2 rings (SSSR count). The molecule has 0 radical (unpaired) electrons. The van der Waals surface area contributed by atoms with Gasteiger partial charge in [-0.3, -0.25) is 4.90 Å². The maximum atomic E-state index is 11.7. The molecule has 0 saturated carbocycles. The number of hydrogen-bond donors (Lipinski definition) is 1. The highest BCUT2D eigenvalue weighted by atomic mass is 32.2. The lowest BCUT2D eigenvalue weighted by Crippen LogP contribution is -2.65. The molecule has 0 amide bonds. The fourth-order valence-corrected chi connectivity index (χ4v) is 4.93. The van der Waals surface area contributed by atoms with Crippen LogP contribution in [-0.2, 0) is 9.84 Å². The van der Waals surface area contributed by atoms with Gasteiger partial charge in [0.1, 0.15) is 0 Å². The van der Waals surface area contributed by atoms with Crippen LogP contribution >= 0.6 is 0 Å². The Bertz CT molecular complexity index is 403. The first kappa shape index (κ1) is 14.3. The Kier molecular flexibility index (Phi) is 3.78. The molecule has 0 aliphatic carbocycles. The number of nitrogens with one attached hydrogen (secondary N) is 1. The zero-order valence-electron chi connectivity index (χ0n) is 11.9. The normalized spacial score (nSPS) is 36.1. The van der Waals surface area contributed by atoms with Gasteiger partial charge in [-0.1, -0.05) is 13.8 Å². The second kappa shape index (κ2) is 4.76. The lowest BCUT2D eigenvalue weighted by Gasteiger charge is -2.48. The van der Waals surface area contributed by atoms with Gasteiger partial charge in [0.25, 0.3) is 0 Å². The maximum absolute atomic E-state index is 11.7. The Balaban J connectivity index is 2.15. The number of rotatable bonds is 2. The van der Waals surface area contributed by atoms with Gasteiger partial charge in [-0.05, 0) is 26.2 Å². The first-order valence-corrected chi connectivity index (χ1v) is 8.73. The fraction of sp³-hybridized carbons (Fsp3) is 1.00. The molecule has 4 nitrogen and oxygen atoms in total. The van der Waals surface area contributed by atoms with E-state index in [1.165, 1.54) is 0 Å². The lowest BCUT2D eigenvalue weighted by molar-refractivity contribution is 0.0400. The number of nitrogens with zero attached hydrogens (tertiary/aromatic N) is 1. The zero-order chi connectivity index (χ0) is 13.6. The first-order valence-electron chi connectivity index (χ1n) is 6.91. The molecule has 5 heteroatoms. The monoisotopic (exact) mass is 274 g/mol. The van der Waals surface area contributed by atoms with E-state index in [1.54, 1.807) is 0 Å². The fourth-order valence-electron chi connectivity index (χ4n) is 3.18. The second-order valence-electron chi connectivity index (χ2n) is 6.81. The van der Waals surface area contributed by atoms with Crippen LogP contribution in [0.1, 0.15) is 34.1 Å². The molecule has 2 saturated heterocycles. The molecule has 1 N–H and O–H groups in total. The smallest absolute Gasteiger partial charge is 0.151 e. The lowest BCUT2D eigenvalue weighted by atomic mass is 9.91. The Morgan fingerprint density at radius 2 is 2.00 bits per heavy atom. The van der Waals surface area contributed by atoms with Gasteiger partial charge in [-0.25, -0.2) is 8.42 Å². The van der Waals surface area contributed by atoms with E-state index in [4.69, 9.17) is 0 Å². The van der Waals surface area contributed by atoms with Gasteiger partial charge < -0.3 is 5.32 Å². The molecule has 2 atom stereocenters. The van der Waals surface area contributed by atoms with Gasteiger partial charge >= 0.3 is 0 Å². The number of sulfone groups is 1. The summed E-state index contributed by atoms with van der Waals surface area (Å²) in [6.07, 6.45) is 0.807. The summed E-state index contributed by atoms with van der Waals surface area (Å²) >= 11 is 0. The summed E-state index contributed by atoms with van der Waals surface area (Å²) in [7, 11) is -2.79. The van der Waals surface area contributed by atoms with E-state index in [-0.39, 0.29) is 11.6 Å². The minimum Gasteiger partial charge on any atom is -0.309 e. The maximum Gasteiger partial charge on any atom is 0.151 e. The number of hydrogen-bond acceptors (Lipinski definition) is 4. The molecule has 18 heavy (non-hydrogen) atoms. The van der Waals surface area contributed by atoms with Crippen molar-refractivity contribution in [2.75, 3.05) is 24.6 Å². The van der Waals surface area contributed by atoms with Crippen molar-refractivity contribution >= 4 is 9.84 Å². The van der Waals surface area contributed by atoms with Crippen LogP contribution in [-0.4, -0.2) is 55.5 Å². The van der Waals surface area contributed by atoms with Crippen molar-refractivity contribution in [1.82, 2.24) is 10.2 Å². The third-order valence-electron chi connectivity index (χ3n) is 4.24. The predicted octanol–water partition coefficient (Wildman–Crippen LogP) is 0.882. The van der Waals surface area contributed by atoms with Crippen LogP contribution in [0.4, 0.5) is 0 Å². The van der Waals surface area contributed by atoms with Crippen molar-refractivity contribution in [3.05, 3.63) is 0 Å². The topological polar surface area (TPSA) is 49.4 Å². The van der Waals surface area contributed by atoms with Crippen molar-refractivity contribution in [1.29, 1.82) is 0 Å². The van der Waals surface area contributed by atoms with Crippen molar-refractivity contribution < 1.29 is 8.42 Å². The van der Waals surface area contributed by atoms with E-state index in [2.05, 4.69) is 37.9 Å². The van der Waals surface area contributed by atoms with Gasteiger partial charge in [-0.15, -0.1) is 0 Å². The van der Waals surface area contributed by atoms with Crippen molar-refractivity contribution in [2.45, 2.75) is 51.7 Å². The third kappa shape index (κ3) is 3.06. The molecule has 0 bridgehead atoms. The van der Waals surface area contributed by atoms with Crippen LogP contribution < -0.4 is 5.32 Å². The Labute approximate surface area is 111 Å². The summed E-state index contributed by atoms with van der Waals surface area (Å²) in [4.78, 5) is 2.45. The molecule has 2 fully saturated rings. The van der Waals surface area contributed by atoms with Crippen LogP contribution in [0.5, 0.6) is 0 Å². The van der Waals surface area contributed by atoms with Crippen LogP contribution in [0.15, 0.2) is 0 Å². The Morgan fingerprint density at radius 3 is 2.50 bits per heavy atom. The van der Waals surface area contributed by atoms with E-state index in [0.717, 1.165) is 19.5 Å². The molecular formula is C13H26N2O2S. The van der Waals surface area contributed by atoms with Crippen molar-refractivity contribution in [3.8, 4) is 0 Å². The molecule has 2 aliphatic rings. The molecule has 0 aromatic heterocycles. The number of piperazine rings is 1. The molecule has 106 valence electrons. The summed E-state index contributed by atoms with van der Waals surface area (Å²) in [5, 5.41) is 3.57. The summed E-state index contributed by atoms with van der Waals surface area (Å²) in [5.74, 6) is 1.27. The molecule has 2 aliphatic heterocycles. The minimum absolute atomic E-state index is 0.0811. The Hall–Kier alpha value is -0.130. The molecule has 2 heterocycles. The standard InChI is InChI=1S/C13H26N2O2S/c1-10(2)12-7-14-13(3,4)9-15(12)11-5-6-18(16,17)8-11/h10-12,14H,5-9H2,1-4H3. The highest BCUT2D eigenvalue weighted by Crippen LogP contribution is 2.27. The molecular weight excluding hydrogens is 248 g/mol. The minimum atomic E-state index is -2.79. The van der Waals surface area contributed by atoms with E-state index in [9.17, 15) is 8.42 Å². The summed E-state index contributed by atoms with van der Waals surface area (Å²) in [6, 6.07) is 0.681. The van der Waals surface area contributed by atoms with Gasteiger partial charge in [0, 0.05) is 30.7 Å². The van der Waals surface area contributed by atoms with Gasteiger partial charge in [-0.2, -0.15) is 0 Å².